The number of carbonyl (C=O) groups is 1. The normalized spacial score (nSPS) is 15.2. The molecule has 0 radical (unpaired) electrons. The van der Waals surface area contributed by atoms with Crippen LogP contribution in [0.4, 0.5) is 0 Å². The first kappa shape index (κ1) is 21.1. The van der Waals surface area contributed by atoms with Crippen molar-refractivity contribution in [2.45, 2.75) is 30.8 Å². The number of ether oxygens (including phenoxy) is 1. The molecule has 1 N–H and O–H groups in total. The summed E-state index contributed by atoms with van der Waals surface area (Å²) in [5.41, 5.74) is 5.18. The quantitative estimate of drug-likeness (QED) is 0.640. The molecule has 0 unspecified atom stereocenters. The average Bonchev–Trinajstić information content (AvgIpc) is 3.15. The first-order valence-corrected chi connectivity index (χ1v) is 12.1. The second kappa shape index (κ2) is 8.55. The number of carbonyl (C=O) groups excluding carboxylic acids is 1. The summed E-state index contributed by atoms with van der Waals surface area (Å²) < 4.78 is 29.3. The Morgan fingerprint density at radius 3 is 2.45 bits per heavy atom. The lowest BCUT2D eigenvalue weighted by Crippen LogP contribution is -2.35. The number of hydrogen-bond acceptors (Lipinski definition) is 4. The number of fused-ring (bicyclic) bond motifs is 1. The van der Waals surface area contributed by atoms with Crippen molar-refractivity contribution in [1.82, 2.24) is 5.32 Å². The zero-order valence-corrected chi connectivity index (χ0v) is 18.4. The summed E-state index contributed by atoms with van der Waals surface area (Å²) in [6.07, 6.45) is 2.18. The highest BCUT2D eigenvalue weighted by Crippen LogP contribution is 2.33. The van der Waals surface area contributed by atoms with E-state index in [1.807, 2.05) is 55.5 Å². The van der Waals surface area contributed by atoms with Gasteiger partial charge in [-0.15, -0.1) is 0 Å². The molecule has 0 bridgehead atoms. The molecule has 160 valence electrons. The number of sulfone groups is 1. The third-order valence-corrected chi connectivity index (χ3v) is 6.69. The highest BCUT2D eigenvalue weighted by Gasteiger charge is 2.24. The van der Waals surface area contributed by atoms with Crippen LogP contribution < -0.4 is 10.1 Å². The van der Waals surface area contributed by atoms with Gasteiger partial charge >= 0.3 is 0 Å². The fourth-order valence-corrected chi connectivity index (χ4v) is 4.41. The molecule has 0 fully saturated rings. The predicted molar refractivity (Wildman–Crippen MR) is 121 cm³/mol. The molecule has 0 saturated carbocycles. The van der Waals surface area contributed by atoms with Crippen LogP contribution >= 0.6 is 0 Å². The SMILES string of the molecule is Cc1ccccc1CC(=O)NC[C@@H]1Cc2cc(-c3ccc(S(C)(=O)=O)cc3)ccc2O1. The molecule has 0 spiro atoms. The lowest BCUT2D eigenvalue weighted by molar-refractivity contribution is -0.120. The summed E-state index contributed by atoms with van der Waals surface area (Å²) in [5.74, 6) is 0.815. The number of hydrogen-bond donors (Lipinski definition) is 1. The fourth-order valence-electron chi connectivity index (χ4n) is 3.78. The minimum Gasteiger partial charge on any atom is -0.488 e. The van der Waals surface area contributed by atoms with Crippen molar-refractivity contribution in [2.24, 2.45) is 0 Å². The molecule has 0 saturated heterocycles. The fraction of sp³-hybridized carbons (Fsp3) is 0.240. The maximum Gasteiger partial charge on any atom is 0.224 e. The highest BCUT2D eigenvalue weighted by atomic mass is 32.2. The minimum absolute atomic E-state index is 0.0134. The molecule has 1 aliphatic rings. The van der Waals surface area contributed by atoms with Crippen LogP contribution in [0, 0.1) is 6.92 Å². The molecule has 0 aliphatic carbocycles. The Balaban J connectivity index is 1.37. The van der Waals surface area contributed by atoms with Crippen LogP contribution in [-0.4, -0.2) is 33.2 Å². The number of aryl methyl sites for hydroxylation is 1. The van der Waals surface area contributed by atoms with Crippen LogP contribution in [0.15, 0.2) is 71.6 Å². The Labute approximate surface area is 183 Å². The van der Waals surface area contributed by atoms with Gasteiger partial charge in [0.15, 0.2) is 9.84 Å². The van der Waals surface area contributed by atoms with E-state index in [-0.39, 0.29) is 12.0 Å². The van der Waals surface area contributed by atoms with E-state index in [4.69, 9.17) is 4.74 Å². The third kappa shape index (κ3) is 4.97. The maximum absolute atomic E-state index is 12.3. The average molecular weight is 436 g/mol. The summed E-state index contributed by atoms with van der Waals surface area (Å²) >= 11 is 0. The van der Waals surface area contributed by atoms with Gasteiger partial charge in [0, 0.05) is 12.7 Å². The molecule has 1 atom stereocenters. The smallest absolute Gasteiger partial charge is 0.224 e. The summed E-state index contributed by atoms with van der Waals surface area (Å²) in [6, 6.07) is 20.7. The Morgan fingerprint density at radius 2 is 1.74 bits per heavy atom. The van der Waals surface area contributed by atoms with Crippen molar-refractivity contribution in [3.05, 3.63) is 83.4 Å². The molecule has 3 aromatic carbocycles. The number of benzene rings is 3. The minimum atomic E-state index is -3.21. The Kier molecular flexibility index (Phi) is 5.83. The lowest BCUT2D eigenvalue weighted by Gasteiger charge is -2.12. The van der Waals surface area contributed by atoms with E-state index in [9.17, 15) is 13.2 Å². The van der Waals surface area contributed by atoms with Crippen molar-refractivity contribution in [3.63, 3.8) is 0 Å². The highest BCUT2D eigenvalue weighted by molar-refractivity contribution is 7.90. The van der Waals surface area contributed by atoms with Crippen LogP contribution in [0.5, 0.6) is 5.75 Å². The molecule has 3 aromatic rings. The molecule has 6 heteroatoms. The van der Waals surface area contributed by atoms with Gasteiger partial charge in [-0.1, -0.05) is 42.5 Å². The van der Waals surface area contributed by atoms with Gasteiger partial charge in [-0.05, 0) is 59.0 Å². The van der Waals surface area contributed by atoms with Crippen molar-refractivity contribution in [2.75, 3.05) is 12.8 Å². The van der Waals surface area contributed by atoms with Crippen LogP contribution in [0.2, 0.25) is 0 Å². The lowest BCUT2D eigenvalue weighted by atomic mass is 10.0. The van der Waals surface area contributed by atoms with Crippen LogP contribution in [0.3, 0.4) is 0 Å². The van der Waals surface area contributed by atoms with Crippen molar-refractivity contribution < 1.29 is 17.9 Å². The van der Waals surface area contributed by atoms with E-state index in [2.05, 4.69) is 11.4 Å². The summed E-state index contributed by atoms with van der Waals surface area (Å²) in [5, 5.41) is 2.98. The van der Waals surface area contributed by atoms with Gasteiger partial charge in [0.2, 0.25) is 5.91 Å². The van der Waals surface area contributed by atoms with E-state index in [1.165, 1.54) is 6.26 Å². The monoisotopic (exact) mass is 435 g/mol. The van der Waals surface area contributed by atoms with E-state index in [0.29, 0.717) is 17.9 Å². The van der Waals surface area contributed by atoms with Crippen LogP contribution in [0.25, 0.3) is 11.1 Å². The molecule has 1 amide bonds. The van der Waals surface area contributed by atoms with Crippen molar-refractivity contribution in [3.8, 4) is 16.9 Å². The second-order valence-corrected chi connectivity index (χ2v) is 9.99. The molecule has 4 rings (SSSR count). The summed E-state index contributed by atoms with van der Waals surface area (Å²) in [4.78, 5) is 12.6. The largest absolute Gasteiger partial charge is 0.488 e. The summed E-state index contributed by atoms with van der Waals surface area (Å²) in [6.45, 7) is 2.46. The molecule has 1 heterocycles. The van der Waals surface area contributed by atoms with Gasteiger partial charge < -0.3 is 10.1 Å². The molecule has 5 nitrogen and oxygen atoms in total. The number of nitrogens with one attached hydrogen (secondary N) is 1. The van der Waals surface area contributed by atoms with Gasteiger partial charge in [0.25, 0.3) is 0 Å². The second-order valence-electron chi connectivity index (χ2n) is 7.97. The van der Waals surface area contributed by atoms with E-state index < -0.39 is 9.84 Å². The van der Waals surface area contributed by atoms with Crippen LogP contribution in [-0.2, 0) is 27.5 Å². The first-order chi connectivity index (χ1) is 14.8. The standard InChI is InChI=1S/C25H25NO4S/c1-17-5-3-4-6-19(17)15-25(27)26-16-22-14-21-13-20(9-12-24(21)30-22)18-7-10-23(11-8-18)31(2,28)29/h3-13,22H,14-16H2,1-2H3,(H,26,27)/t22-/m0/s1. The zero-order chi connectivity index (χ0) is 22.0. The first-order valence-electron chi connectivity index (χ1n) is 10.2. The van der Waals surface area contributed by atoms with Crippen LogP contribution in [0.1, 0.15) is 16.7 Å². The van der Waals surface area contributed by atoms with E-state index in [0.717, 1.165) is 40.0 Å². The third-order valence-electron chi connectivity index (χ3n) is 5.56. The van der Waals surface area contributed by atoms with Gasteiger partial charge in [-0.2, -0.15) is 0 Å². The van der Waals surface area contributed by atoms with E-state index in [1.54, 1.807) is 12.1 Å². The van der Waals surface area contributed by atoms with Gasteiger partial charge in [-0.25, -0.2) is 8.42 Å². The van der Waals surface area contributed by atoms with Gasteiger partial charge in [0.1, 0.15) is 11.9 Å². The Morgan fingerprint density at radius 1 is 1.03 bits per heavy atom. The zero-order valence-electron chi connectivity index (χ0n) is 17.6. The van der Waals surface area contributed by atoms with Crippen molar-refractivity contribution in [1.29, 1.82) is 0 Å². The van der Waals surface area contributed by atoms with Gasteiger partial charge in [0.05, 0.1) is 17.9 Å². The molecular formula is C25H25NO4S. The maximum atomic E-state index is 12.3. The molecule has 0 aromatic heterocycles. The van der Waals surface area contributed by atoms with Crippen molar-refractivity contribution >= 4 is 15.7 Å². The number of amides is 1. The van der Waals surface area contributed by atoms with Gasteiger partial charge in [-0.3, -0.25) is 4.79 Å². The predicted octanol–water partition coefficient (Wildman–Crippen LogP) is 3.73. The Hall–Kier alpha value is -3.12. The molecule has 31 heavy (non-hydrogen) atoms. The summed E-state index contributed by atoms with van der Waals surface area (Å²) in [7, 11) is -3.21. The number of rotatable bonds is 6. The molecule has 1 aliphatic heterocycles. The van der Waals surface area contributed by atoms with E-state index >= 15 is 0 Å². The Bertz CT molecular complexity index is 1220. The topological polar surface area (TPSA) is 72.5 Å². The molecular weight excluding hydrogens is 410 g/mol.